The van der Waals surface area contributed by atoms with Gasteiger partial charge in [-0.2, -0.15) is 0 Å². The number of alkyl halides is 1. The summed E-state index contributed by atoms with van der Waals surface area (Å²) in [7, 11) is -3.47. The van der Waals surface area contributed by atoms with Crippen LogP contribution in [0.1, 0.15) is 37.1 Å². The molecular weight excluding hydrogens is 292 g/mol. The molecule has 2 unspecified atom stereocenters. The van der Waals surface area contributed by atoms with E-state index in [9.17, 15) is 8.42 Å². The Bertz CT molecular complexity index is 501. The molecule has 1 saturated carbocycles. The summed E-state index contributed by atoms with van der Waals surface area (Å²) in [5.74, 6) is 0. The third kappa shape index (κ3) is 3.44. The molecule has 1 aromatic rings. The van der Waals surface area contributed by atoms with Gasteiger partial charge in [-0.25, -0.2) is 18.1 Å². The van der Waals surface area contributed by atoms with Crippen LogP contribution in [0.4, 0.5) is 0 Å². The second kappa shape index (κ2) is 5.86. The minimum absolute atomic E-state index is 0.115. The molecule has 0 bridgehead atoms. The quantitative estimate of drug-likeness (QED) is 0.690. The Kier molecular flexibility index (Phi) is 4.64. The predicted octanol–water partition coefficient (Wildman–Crippen LogP) is 2.67. The maximum atomic E-state index is 12.2. The van der Waals surface area contributed by atoms with Gasteiger partial charge in [-0.05, 0) is 19.8 Å². The zero-order valence-corrected chi connectivity index (χ0v) is 12.6. The highest BCUT2D eigenvalue weighted by atomic mass is 35.5. The van der Waals surface area contributed by atoms with Crippen molar-refractivity contribution in [2.24, 2.45) is 0 Å². The van der Waals surface area contributed by atoms with Crippen LogP contribution >= 0.6 is 22.9 Å². The molecule has 0 aromatic carbocycles. The molecule has 4 nitrogen and oxygen atoms in total. The normalized spacial score (nSPS) is 25.9. The van der Waals surface area contributed by atoms with Gasteiger partial charge in [-0.3, -0.25) is 0 Å². The highest BCUT2D eigenvalue weighted by molar-refractivity contribution is 7.91. The van der Waals surface area contributed by atoms with Gasteiger partial charge in [-0.15, -0.1) is 22.9 Å². The molecule has 18 heavy (non-hydrogen) atoms. The third-order valence-electron chi connectivity index (χ3n) is 3.10. The van der Waals surface area contributed by atoms with Gasteiger partial charge in [0.25, 0.3) is 10.0 Å². The van der Waals surface area contributed by atoms with Crippen LogP contribution in [0.2, 0.25) is 0 Å². The Morgan fingerprint density at radius 1 is 1.39 bits per heavy atom. The molecule has 7 heteroatoms. The predicted molar refractivity (Wildman–Crippen MR) is 73.7 cm³/mol. The van der Waals surface area contributed by atoms with Gasteiger partial charge < -0.3 is 0 Å². The second-order valence-electron chi connectivity index (χ2n) is 4.58. The van der Waals surface area contributed by atoms with E-state index in [0.29, 0.717) is 0 Å². The van der Waals surface area contributed by atoms with E-state index >= 15 is 0 Å². The van der Waals surface area contributed by atoms with Crippen molar-refractivity contribution in [3.05, 3.63) is 11.2 Å². The molecular formula is C11H17ClN2O2S2. The van der Waals surface area contributed by atoms with Crippen LogP contribution in [0.25, 0.3) is 0 Å². The van der Waals surface area contributed by atoms with Gasteiger partial charge in [0, 0.05) is 11.4 Å². The van der Waals surface area contributed by atoms with Crippen molar-refractivity contribution in [2.45, 2.75) is 54.7 Å². The van der Waals surface area contributed by atoms with Crippen molar-refractivity contribution < 1.29 is 8.42 Å². The average molecular weight is 309 g/mol. The summed E-state index contributed by atoms with van der Waals surface area (Å²) >= 11 is 7.43. The summed E-state index contributed by atoms with van der Waals surface area (Å²) in [6.45, 7) is 1.79. The molecule has 0 radical (unpaired) electrons. The largest absolute Gasteiger partial charge is 0.251 e. The van der Waals surface area contributed by atoms with Crippen LogP contribution in [0.5, 0.6) is 0 Å². The van der Waals surface area contributed by atoms with E-state index in [4.69, 9.17) is 11.6 Å². The molecule has 0 saturated heterocycles. The van der Waals surface area contributed by atoms with Crippen molar-refractivity contribution in [1.82, 2.24) is 9.71 Å². The van der Waals surface area contributed by atoms with Gasteiger partial charge in [0.05, 0.1) is 11.2 Å². The lowest BCUT2D eigenvalue weighted by molar-refractivity contribution is 0.515. The molecule has 1 fully saturated rings. The van der Waals surface area contributed by atoms with Crippen molar-refractivity contribution in [3.8, 4) is 0 Å². The van der Waals surface area contributed by atoms with Gasteiger partial charge in [0.15, 0.2) is 4.21 Å². The number of thiazole rings is 1. The summed E-state index contributed by atoms with van der Waals surface area (Å²) in [4.78, 5) is 3.98. The highest BCUT2D eigenvalue weighted by Crippen LogP contribution is 2.25. The number of aromatic nitrogens is 1. The van der Waals surface area contributed by atoms with E-state index in [-0.39, 0.29) is 15.6 Å². The maximum absolute atomic E-state index is 12.2. The van der Waals surface area contributed by atoms with E-state index in [1.165, 1.54) is 17.5 Å². The van der Waals surface area contributed by atoms with Crippen LogP contribution in [0.3, 0.4) is 0 Å². The number of nitrogens with zero attached hydrogens (tertiary/aromatic N) is 1. The van der Waals surface area contributed by atoms with Crippen LogP contribution in [-0.2, 0) is 10.0 Å². The fourth-order valence-electron chi connectivity index (χ4n) is 2.12. The number of hydrogen-bond acceptors (Lipinski definition) is 4. The minimum atomic E-state index is -3.47. The second-order valence-corrected chi connectivity index (χ2v) is 8.32. The van der Waals surface area contributed by atoms with E-state index < -0.39 is 10.0 Å². The van der Waals surface area contributed by atoms with Crippen LogP contribution in [0, 0.1) is 6.92 Å². The fourth-order valence-corrected chi connectivity index (χ4v) is 4.97. The molecule has 2 atom stereocenters. The first-order valence-electron chi connectivity index (χ1n) is 6.08. The van der Waals surface area contributed by atoms with Crippen LogP contribution in [-0.4, -0.2) is 24.8 Å². The Balaban J connectivity index is 2.11. The molecule has 0 spiro atoms. The number of sulfonamides is 1. The average Bonchev–Trinajstić information content (AvgIpc) is 2.65. The number of rotatable bonds is 3. The summed E-state index contributed by atoms with van der Waals surface area (Å²) in [5, 5.41) is 0.634. The first kappa shape index (κ1) is 14.2. The van der Waals surface area contributed by atoms with Crippen LogP contribution in [0.15, 0.2) is 10.4 Å². The summed E-state index contributed by atoms with van der Waals surface area (Å²) in [6, 6.07) is -0.165. The van der Waals surface area contributed by atoms with Gasteiger partial charge in [0.2, 0.25) is 0 Å². The Morgan fingerprint density at radius 3 is 2.78 bits per heavy atom. The number of hydrogen-bond donors (Lipinski definition) is 1. The summed E-state index contributed by atoms with van der Waals surface area (Å²) in [5.41, 5.74) is 0. The standard InChI is InChI=1S/C11H17ClN2O2S2/c1-8-13-7-11(17-8)18(15,16)14-10-6-4-2-3-5-9(10)12/h7,9-10,14H,2-6H2,1H3. The van der Waals surface area contributed by atoms with E-state index in [0.717, 1.165) is 37.1 Å². The molecule has 1 heterocycles. The molecule has 2 rings (SSSR count). The molecule has 1 aromatic heterocycles. The Hall–Kier alpha value is -0.170. The summed E-state index contributed by atoms with van der Waals surface area (Å²) in [6.07, 6.45) is 6.31. The molecule has 0 amide bonds. The lowest BCUT2D eigenvalue weighted by atomic mass is 10.1. The van der Waals surface area contributed by atoms with E-state index in [1.807, 2.05) is 0 Å². The monoisotopic (exact) mass is 308 g/mol. The zero-order chi connectivity index (χ0) is 13.2. The number of aryl methyl sites for hydroxylation is 1. The van der Waals surface area contributed by atoms with Crippen molar-refractivity contribution in [1.29, 1.82) is 0 Å². The molecule has 102 valence electrons. The van der Waals surface area contributed by atoms with Gasteiger partial charge >= 0.3 is 0 Å². The van der Waals surface area contributed by atoms with Crippen molar-refractivity contribution >= 4 is 33.0 Å². The molecule has 1 aliphatic rings. The van der Waals surface area contributed by atoms with Gasteiger partial charge in [-0.1, -0.05) is 19.3 Å². The van der Waals surface area contributed by atoms with Crippen molar-refractivity contribution in [3.63, 3.8) is 0 Å². The van der Waals surface area contributed by atoms with Crippen LogP contribution < -0.4 is 4.72 Å². The number of halogens is 1. The Labute approximate surface area is 117 Å². The SMILES string of the molecule is Cc1ncc(S(=O)(=O)NC2CCCCCC2Cl)s1. The molecule has 0 aliphatic heterocycles. The van der Waals surface area contributed by atoms with E-state index in [1.54, 1.807) is 6.92 Å². The fraction of sp³-hybridized carbons (Fsp3) is 0.727. The lowest BCUT2D eigenvalue weighted by Crippen LogP contribution is -2.40. The third-order valence-corrected chi connectivity index (χ3v) is 6.49. The van der Waals surface area contributed by atoms with Crippen molar-refractivity contribution in [2.75, 3.05) is 0 Å². The zero-order valence-electron chi connectivity index (χ0n) is 10.2. The topological polar surface area (TPSA) is 59.1 Å². The molecule has 1 N–H and O–H groups in total. The summed E-state index contributed by atoms with van der Waals surface area (Å²) < 4.78 is 27.3. The Morgan fingerprint density at radius 2 is 2.11 bits per heavy atom. The van der Waals surface area contributed by atoms with Gasteiger partial charge in [0.1, 0.15) is 0 Å². The smallest absolute Gasteiger partial charge is 0.249 e. The number of nitrogens with one attached hydrogen (secondary N) is 1. The first-order valence-corrected chi connectivity index (χ1v) is 8.81. The first-order chi connectivity index (χ1) is 8.49. The minimum Gasteiger partial charge on any atom is -0.249 e. The van der Waals surface area contributed by atoms with E-state index in [2.05, 4.69) is 9.71 Å². The lowest BCUT2D eigenvalue weighted by Gasteiger charge is -2.20. The maximum Gasteiger partial charge on any atom is 0.251 e. The highest BCUT2D eigenvalue weighted by Gasteiger charge is 2.28. The molecule has 1 aliphatic carbocycles.